The van der Waals surface area contributed by atoms with E-state index < -0.39 is 6.04 Å². The summed E-state index contributed by atoms with van der Waals surface area (Å²) in [4.78, 5) is 29.9. The third-order valence-electron chi connectivity index (χ3n) is 5.81. The molecule has 6 heteroatoms. The lowest BCUT2D eigenvalue weighted by atomic mass is 9.83. The molecule has 2 amide bonds. The van der Waals surface area contributed by atoms with Crippen LogP contribution in [0.3, 0.4) is 0 Å². The van der Waals surface area contributed by atoms with Gasteiger partial charge < -0.3 is 10.6 Å². The van der Waals surface area contributed by atoms with E-state index in [0.717, 1.165) is 49.4 Å². The van der Waals surface area contributed by atoms with Crippen molar-refractivity contribution in [3.05, 3.63) is 42.1 Å². The second-order valence-electron chi connectivity index (χ2n) is 7.83. The van der Waals surface area contributed by atoms with Crippen LogP contribution in [-0.2, 0) is 4.79 Å². The van der Waals surface area contributed by atoms with Crippen LogP contribution in [0, 0.1) is 23.2 Å². The number of nitriles is 1. The molecule has 2 saturated carbocycles. The summed E-state index contributed by atoms with van der Waals surface area (Å²) in [6, 6.07) is 10.8. The van der Waals surface area contributed by atoms with Crippen molar-refractivity contribution >= 4 is 22.7 Å². The smallest absolute Gasteiger partial charge is 0.251 e. The number of hydrogen-bond donors (Lipinski definition) is 2. The quantitative estimate of drug-likeness (QED) is 0.839. The Hall–Kier alpha value is -2.94. The summed E-state index contributed by atoms with van der Waals surface area (Å²) in [6.45, 7) is 0. The Morgan fingerprint density at radius 2 is 1.96 bits per heavy atom. The van der Waals surface area contributed by atoms with E-state index in [4.69, 9.17) is 0 Å². The van der Waals surface area contributed by atoms with Gasteiger partial charge in [-0.2, -0.15) is 5.26 Å². The number of amides is 2. The van der Waals surface area contributed by atoms with Crippen LogP contribution < -0.4 is 10.6 Å². The van der Waals surface area contributed by atoms with Crippen molar-refractivity contribution in [3.63, 3.8) is 0 Å². The van der Waals surface area contributed by atoms with Gasteiger partial charge in [0.25, 0.3) is 5.91 Å². The number of fused-ring (bicyclic) bond motifs is 1. The molecular formula is C22H24N4O2. The number of rotatable bonds is 5. The van der Waals surface area contributed by atoms with Crippen molar-refractivity contribution in [1.82, 2.24) is 15.6 Å². The summed E-state index contributed by atoms with van der Waals surface area (Å²) in [6.07, 6.45) is 7.19. The Morgan fingerprint density at radius 3 is 2.75 bits per heavy atom. The van der Waals surface area contributed by atoms with Gasteiger partial charge in [0.2, 0.25) is 5.91 Å². The van der Waals surface area contributed by atoms with Crippen LogP contribution >= 0.6 is 0 Å². The monoisotopic (exact) mass is 376 g/mol. The van der Waals surface area contributed by atoms with Crippen molar-refractivity contribution in [3.8, 4) is 6.07 Å². The maximum atomic E-state index is 12.8. The Balaban J connectivity index is 1.45. The van der Waals surface area contributed by atoms with Gasteiger partial charge in [0.15, 0.2) is 0 Å². The van der Waals surface area contributed by atoms with Gasteiger partial charge in [0.1, 0.15) is 6.04 Å². The van der Waals surface area contributed by atoms with Gasteiger partial charge in [-0.1, -0.05) is 18.9 Å². The minimum Gasteiger partial charge on any atom is -0.349 e. The molecule has 3 atom stereocenters. The predicted molar refractivity (Wildman–Crippen MR) is 105 cm³/mol. The van der Waals surface area contributed by atoms with Crippen LogP contribution in [0.4, 0.5) is 0 Å². The third-order valence-corrected chi connectivity index (χ3v) is 5.81. The number of pyridine rings is 1. The van der Waals surface area contributed by atoms with Crippen LogP contribution in [0.1, 0.15) is 48.9 Å². The Morgan fingerprint density at radius 1 is 1.14 bits per heavy atom. The van der Waals surface area contributed by atoms with Gasteiger partial charge in [-0.25, -0.2) is 0 Å². The highest BCUT2D eigenvalue weighted by atomic mass is 16.2. The summed E-state index contributed by atoms with van der Waals surface area (Å²) >= 11 is 0. The van der Waals surface area contributed by atoms with Crippen LogP contribution in [0.2, 0.25) is 0 Å². The molecule has 2 aromatic rings. The highest BCUT2D eigenvalue weighted by molar-refractivity contribution is 5.98. The molecule has 2 fully saturated rings. The number of nitrogens with one attached hydrogen (secondary N) is 2. The van der Waals surface area contributed by atoms with E-state index in [9.17, 15) is 14.9 Å². The molecule has 2 aliphatic rings. The van der Waals surface area contributed by atoms with Crippen molar-refractivity contribution < 1.29 is 9.59 Å². The van der Waals surface area contributed by atoms with Crippen molar-refractivity contribution in [1.29, 1.82) is 5.26 Å². The number of carbonyl (C=O) groups excluding carboxylic acids is 2. The van der Waals surface area contributed by atoms with Gasteiger partial charge in [-0.3, -0.25) is 14.6 Å². The van der Waals surface area contributed by atoms with Crippen LogP contribution in [0.5, 0.6) is 0 Å². The van der Waals surface area contributed by atoms with Gasteiger partial charge in [0, 0.05) is 23.2 Å². The zero-order valence-electron chi connectivity index (χ0n) is 15.7. The average molecular weight is 376 g/mol. The minimum absolute atomic E-state index is 0.105. The normalized spacial score (nSPS) is 22.8. The molecule has 1 heterocycles. The number of hydrogen-bond acceptors (Lipinski definition) is 4. The number of carbonyl (C=O) groups is 2. The number of nitrogens with zero attached hydrogens (tertiary/aromatic N) is 2. The number of benzene rings is 1. The minimum atomic E-state index is -0.404. The van der Waals surface area contributed by atoms with E-state index >= 15 is 0 Å². The van der Waals surface area contributed by atoms with E-state index in [1.807, 2.05) is 24.3 Å². The van der Waals surface area contributed by atoms with Crippen molar-refractivity contribution in [2.24, 2.45) is 11.8 Å². The van der Waals surface area contributed by atoms with Gasteiger partial charge >= 0.3 is 0 Å². The second-order valence-corrected chi connectivity index (χ2v) is 7.83. The molecule has 1 unspecified atom stereocenters. The molecule has 0 aliphatic heterocycles. The first kappa shape index (κ1) is 18.4. The molecule has 6 nitrogen and oxygen atoms in total. The molecule has 0 radical (unpaired) electrons. The lowest BCUT2D eigenvalue weighted by molar-refractivity contribution is -0.127. The topological polar surface area (TPSA) is 94.9 Å². The van der Waals surface area contributed by atoms with E-state index in [1.54, 1.807) is 12.3 Å². The molecule has 2 N–H and O–H groups in total. The van der Waals surface area contributed by atoms with Crippen LogP contribution in [-0.4, -0.2) is 28.9 Å². The summed E-state index contributed by atoms with van der Waals surface area (Å²) in [5.41, 5.74) is 1.41. The highest BCUT2D eigenvalue weighted by Gasteiger charge is 2.37. The molecular weight excluding hydrogens is 352 g/mol. The first-order valence-electron chi connectivity index (χ1n) is 10.0. The van der Waals surface area contributed by atoms with Gasteiger partial charge in [-0.05, 0) is 55.9 Å². The summed E-state index contributed by atoms with van der Waals surface area (Å²) in [5, 5.41) is 16.2. The standard InChI is InChI=1S/C22H24N4O2/c23-13-20(14-7-8-14)26-22(28)17-5-1-2-6-19(17)25-21(27)16-9-10-18-15(12-16)4-3-11-24-18/h3-4,9-12,14,17,19-20H,1-2,5-8H2,(H,25,27)(H,26,28)/t17-,19+,20?/m1/s1. The fourth-order valence-corrected chi connectivity index (χ4v) is 4.03. The lowest BCUT2D eigenvalue weighted by Gasteiger charge is -2.32. The first-order valence-corrected chi connectivity index (χ1v) is 10.0. The molecule has 2 aliphatic carbocycles. The second kappa shape index (κ2) is 7.97. The Bertz CT molecular complexity index is 932. The van der Waals surface area contributed by atoms with E-state index in [1.165, 1.54) is 0 Å². The Labute approximate surface area is 164 Å². The fraction of sp³-hybridized carbons (Fsp3) is 0.455. The molecule has 0 spiro atoms. The summed E-state index contributed by atoms with van der Waals surface area (Å²) in [7, 11) is 0. The zero-order valence-corrected chi connectivity index (χ0v) is 15.7. The molecule has 144 valence electrons. The van der Waals surface area contributed by atoms with Crippen LogP contribution in [0.15, 0.2) is 36.5 Å². The maximum Gasteiger partial charge on any atom is 0.251 e. The van der Waals surface area contributed by atoms with Crippen molar-refractivity contribution in [2.45, 2.75) is 50.6 Å². The third kappa shape index (κ3) is 3.99. The predicted octanol–water partition coefficient (Wildman–Crippen LogP) is 2.94. The molecule has 1 aromatic heterocycles. The van der Waals surface area contributed by atoms with E-state index in [-0.39, 0.29) is 29.7 Å². The molecule has 1 aromatic carbocycles. The first-order chi connectivity index (χ1) is 13.7. The van der Waals surface area contributed by atoms with Gasteiger partial charge in [0.05, 0.1) is 17.5 Å². The molecule has 0 saturated heterocycles. The fourth-order valence-electron chi connectivity index (χ4n) is 4.03. The molecule has 28 heavy (non-hydrogen) atoms. The molecule has 0 bridgehead atoms. The Kier molecular flexibility index (Phi) is 5.25. The zero-order chi connectivity index (χ0) is 19.5. The summed E-state index contributed by atoms with van der Waals surface area (Å²) in [5.74, 6) is -0.271. The largest absolute Gasteiger partial charge is 0.349 e. The van der Waals surface area contributed by atoms with Gasteiger partial charge in [-0.15, -0.1) is 0 Å². The number of aromatic nitrogens is 1. The van der Waals surface area contributed by atoms with Crippen molar-refractivity contribution in [2.75, 3.05) is 0 Å². The maximum absolute atomic E-state index is 12.8. The lowest BCUT2D eigenvalue weighted by Crippen LogP contribution is -2.50. The van der Waals surface area contributed by atoms with E-state index in [2.05, 4.69) is 21.7 Å². The summed E-state index contributed by atoms with van der Waals surface area (Å²) < 4.78 is 0. The SMILES string of the molecule is N#CC(NC(=O)[C@@H]1CCCC[C@@H]1NC(=O)c1ccc2ncccc2c1)C1CC1. The molecule has 4 rings (SSSR count). The average Bonchev–Trinajstić information content (AvgIpc) is 3.57. The van der Waals surface area contributed by atoms with E-state index in [0.29, 0.717) is 5.56 Å². The van der Waals surface area contributed by atoms with Crippen LogP contribution in [0.25, 0.3) is 10.9 Å². The highest BCUT2D eigenvalue weighted by Crippen LogP contribution is 2.33.